The van der Waals surface area contributed by atoms with Gasteiger partial charge in [0.25, 0.3) is 5.91 Å². The number of hydrogen-bond acceptors (Lipinski definition) is 3. The summed E-state index contributed by atoms with van der Waals surface area (Å²) in [5, 5.41) is 2.79. The Morgan fingerprint density at radius 1 is 1.28 bits per heavy atom. The average molecular weight is 245 g/mol. The van der Waals surface area contributed by atoms with Crippen molar-refractivity contribution in [1.82, 2.24) is 5.32 Å². The molecule has 4 heteroatoms. The molecule has 0 fully saturated rings. The summed E-state index contributed by atoms with van der Waals surface area (Å²) in [5.41, 5.74) is 0. The van der Waals surface area contributed by atoms with E-state index in [4.69, 9.17) is 9.15 Å². The Kier molecular flexibility index (Phi) is 4.02. The topological polar surface area (TPSA) is 51.5 Å². The summed E-state index contributed by atoms with van der Waals surface area (Å²) >= 11 is 0. The van der Waals surface area contributed by atoms with Crippen LogP contribution >= 0.6 is 0 Å². The van der Waals surface area contributed by atoms with Gasteiger partial charge in [0.05, 0.1) is 12.3 Å². The normalized spacial score (nSPS) is 11.8. The van der Waals surface area contributed by atoms with Gasteiger partial charge in [-0.15, -0.1) is 0 Å². The SMILES string of the molecule is CC(NC(=O)COc1ccccc1)c1ccco1. The van der Waals surface area contributed by atoms with E-state index in [0.717, 1.165) is 5.76 Å². The van der Waals surface area contributed by atoms with Crippen LogP contribution in [-0.2, 0) is 4.79 Å². The summed E-state index contributed by atoms with van der Waals surface area (Å²) in [6.45, 7) is 1.86. The highest BCUT2D eigenvalue weighted by atomic mass is 16.5. The molecule has 1 unspecified atom stereocenters. The van der Waals surface area contributed by atoms with Crippen molar-refractivity contribution in [3.63, 3.8) is 0 Å². The number of nitrogens with one attached hydrogen (secondary N) is 1. The number of ether oxygens (including phenoxy) is 1. The van der Waals surface area contributed by atoms with Gasteiger partial charge in [-0.1, -0.05) is 18.2 Å². The number of amides is 1. The molecule has 0 aliphatic heterocycles. The van der Waals surface area contributed by atoms with Crippen LogP contribution in [0.15, 0.2) is 53.1 Å². The maximum Gasteiger partial charge on any atom is 0.258 e. The number of benzene rings is 1. The maximum atomic E-state index is 11.6. The Morgan fingerprint density at radius 2 is 2.06 bits per heavy atom. The largest absolute Gasteiger partial charge is 0.484 e. The molecule has 0 saturated carbocycles. The molecule has 94 valence electrons. The van der Waals surface area contributed by atoms with Crippen LogP contribution in [0.1, 0.15) is 18.7 Å². The summed E-state index contributed by atoms with van der Waals surface area (Å²) in [4.78, 5) is 11.6. The molecule has 1 atom stereocenters. The first kappa shape index (κ1) is 12.2. The van der Waals surface area contributed by atoms with Crippen LogP contribution in [0, 0.1) is 0 Å². The third kappa shape index (κ3) is 3.38. The molecule has 1 amide bonds. The zero-order chi connectivity index (χ0) is 12.8. The highest BCUT2D eigenvalue weighted by Crippen LogP contribution is 2.12. The second-order valence-electron chi connectivity index (χ2n) is 3.91. The molecule has 4 nitrogen and oxygen atoms in total. The smallest absolute Gasteiger partial charge is 0.258 e. The zero-order valence-corrected chi connectivity index (χ0v) is 10.1. The molecule has 1 aromatic heterocycles. The molecule has 0 radical (unpaired) electrons. The molecule has 0 saturated heterocycles. The van der Waals surface area contributed by atoms with Crippen LogP contribution in [0.5, 0.6) is 5.75 Å². The van der Waals surface area contributed by atoms with Crippen LogP contribution in [0.2, 0.25) is 0 Å². The number of para-hydroxylation sites is 1. The Bertz CT molecular complexity index is 479. The lowest BCUT2D eigenvalue weighted by Crippen LogP contribution is -2.31. The average Bonchev–Trinajstić information content (AvgIpc) is 2.91. The van der Waals surface area contributed by atoms with E-state index >= 15 is 0 Å². The van der Waals surface area contributed by atoms with E-state index < -0.39 is 0 Å². The fourth-order valence-corrected chi connectivity index (χ4v) is 1.56. The Balaban J connectivity index is 1.79. The van der Waals surface area contributed by atoms with Gasteiger partial charge in [0.15, 0.2) is 6.61 Å². The van der Waals surface area contributed by atoms with Crippen molar-refractivity contribution in [2.45, 2.75) is 13.0 Å². The number of carbonyl (C=O) groups is 1. The number of hydrogen-bond donors (Lipinski definition) is 1. The van der Waals surface area contributed by atoms with Gasteiger partial charge in [0, 0.05) is 0 Å². The minimum absolute atomic E-state index is 0.00490. The van der Waals surface area contributed by atoms with Gasteiger partial charge in [0.1, 0.15) is 11.5 Å². The van der Waals surface area contributed by atoms with Crippen LogP contribution in [0.25, 0.3) is 0 Å². The van der Waals surface area contributed by atoms with Crippen molar-refractivity contribution >= 4 is 5.91 Å². The lowest BCUT2D eigenvalue weighted by molar-refractivity contribution is -0.123. The van der Waals surface area contributed by atoms with E-state index in [1.165, 1.54) is 0 Å². The van der Waals surface area contributed by atoms with E-state index in [9.17, 15) is 4.79 Å². The first-order valence-electron chi connectivity index (χ1n) is 5.76. The monoisotopic (exact) mass is 245 g/mol. The van der Waals surface area contributed by atoms with Gasteiger partial charge in [-0.25, -0.2) is 0 Å². The van der Waals surface area contributed by atoms with Crippen molar-refractivity contribution in [3.8, 4) is 5.75 Å². The molecule has 1 heterocycles. The van der Waals surface area contributed by atoms with Crippen LogP contribution in [-0.4, -0.2) is 12.5 Å². The Morgan fingerprint density at radius 3 is 2.72 bits per heavy atom. The van der Waals surface area contributed by atoms with Crippen molar-refractivity contribution < 1.29 is 13.9 Å². The summed E-state index contributed by atoms with van der Waals surface area (Å²) in [5.74, 6) is 1.23. The highest BCUT2D eigenvalue weighted by molar-refractivity contribution is 5.77. The molecule has 2 aromatic rings. The predicted molar refractivity (Wildman–Crippen MR) is 67.2 cm³/mol. The van der Waals surface area contributed by atoms with E-state index in [0.29, 0.717) is 5.75 Å². The second-order valence-corrected chi connectivity index (χ2v) is 3.91. The maximum absolute atomic E-state index is 11.6. The van der Waals surface area contributed by atoms with Gasteiger partial charge in [0.2, 0.25) is 0 Å². The Hall–Kier alpha value is -2.23. The molecular weight excluding hydrogens is 230 g/mol. The number of rotatable bonds is 5. The van der Waals surface area contributed by atoms with Gasteiger partial charge in [-0.3, -0.25) is 4.79 Å². The summed E-state index contributed by atoms with van der Waals surface area (Å²) in [6, 6.07) is 12.7. The predicted octanol–water partition coefficient (Wildman–Crippen LogP) is 2.54. The lowest BCUT2D eigenvalue weighted by atomic mass is 10.2. The number of carbonyl (C=O) groups excluding carboxylic acids is 1. The highest BCUT2D eigenvalue weighted by Gasteiger charge is 2.11. The molecule has 0 spiro atoms. The van der Waals surface area contributed by atoms with Gasteiger partial charge >= 0.3 is 0 Å². The molecule has 1 aromatic carbocycles. The first-order chi connectivity index (χ1) is 8.75. The fraction of sp³-hybridized carbons (Fsp3) is 0.214. The third-order valence-electron chi connectivity index (χ3n) is 2.46. The summed E-state index contributed by atoms with van der Waals surface area (Å²) in [7, 11) is 0. The molecule has 18 heavy (non-hydrogen) atoms. The minimum Gasteiger partial charge on any atom is -0.484 e. The molecule has 0 bridgehead atoms. The van der Waals surface area contributed by atoms with E-state index in [2.05, 4.69) is 5.32 Å². The minimum atomic E-state index is -0.178. The zero-order valence-electron chi connectivity index (χ0n) is 10.1. The van der Waals surface area contributed by atoms with E-state index in [1.807, 2.05) is 43.3 Å². The second kappa shape index (κ2) is 5.91. The van der Waals surface area contributed by atoms with Gasteiger partial charge in [-0.05, 0) is 31.2 Å². The first-order valence-corrected chi connectivity index (χ1v) is 5.76. The van der Waals surface area contributed by atoms with Crippen molar-refractivity contribution in [2.75, 3.05) is 6.61 Å². The van der Waals surface area contributed by atoms with Crippen molar-refractivity contribution in [2.24, 2.45) is 0 Å². The molecule has 2 rings (SSSR count). The molecular formula is C14H15NO3. The van der Waals surface area contributed by atoms with Crippen LogP contribution in [0.4, 0.5) is 0 Å². The standard InChI is InChI=1S/C14H15NO3/c1-11(13-8-5-9-17-13)15-14(16)10-18-12-6-3-2-4-7-12/h2-9,11H,10H2,1H3,(H,15,16). The molecule has 1 N–H and O–H groups in total. The fourth-order valence-electron chi connectivity index (χ4n) is 1.56. The van der Waals surface area contributed by atoms with Crippen LogP contribution < -0.4 is 10.1 Å². The van der Waals surface area contributed by atoms with Crippen molar-refractivity contribution in [3.05, 3.63) is 54.5 Å². The number of furan rings is 1. The third-order valence-corrected chi connectivity index (χ3v) is 2.46. The quantitative estimate of drug-likeness (QED) is 0.880. The van der Waals surface area contributed by atoms with Gasteiger partial charge in [-0.2, -0.15) is 0 Å². The van der Waals surface area contributed by atoms with Crippen LogP contribution in [0.3, 0.4) is 0 Å². The van der Waals surface area contributed by atoms with Gasteiger partial charge < -0.3 is 14.5 Å². The molecule has 0 aliphatic rings. The van der Waals surface area contributed by atoms with E-state index in [1.54, 1.807) is 12.3 Å². The molecule has 0 aliphatic carbocycles. The van der Waals surface area contributed by atoms with E-state index in [-0.39, 0.29) is 18.6 Å². The Labute approximate surface area is 106 Å². The lowest BCUT2D eigenvalue weighted by Gasteiger charge is -2.12. The summed E-state index contributed by atoms with van der Waals surface area (Å²) in [6.07, 6.45) is 1.58. The summed E-state index contributed by atoms with van der Waals surface area (Å²) < 4.78 is 10.5. The van der Waals surface area contributed by atoms with Crippen molar-refractivity contribution in [1.29, 1.82) is 0 Å².